The number of carbonyl (C=O) groups excluding carboxylic acids is 1. The molecule has 0 saturated carbocycles. The monoisotopic (exact) mass is 239 g/mol. The summed E-state index contributed by atoms with van der Waals surface area (Å²) >= 11 is 11.4. The smallest absolute Gasteiger partial charge is 0.348 e. The average molecular weight is 240 g/mol. The average Bonchev–Trinajstić information content (AvgIpc) is 2.13. The van der Waals surface area contributed by atoms with Gasteiger partial charge in [-0.3, -0.25) is 4.99 Å². The van der Waals surface area contributed by atoms with Crippen LogP contribution in [0, 0.1) is 0 Å². The molecule has 3 nitrogen and oxygen atoms in total. The minimum absolute atomic E-state index is 0.253. The molecule has 0 saturated heterocycles. The van der Waals surface area contributed by atoms with Crippen molar-refractivity contribution in [3.63, 3.8) is 0 Å². The van der Waals surface area contributed by atoms with Crippen LogP contribution in [0.25, 0.3) is 0 Å². The van der Waals surface area contributed by atoms with Crippen molar-refractivity contribution in [1.29, 1.82) is 0 Å². The number of nitrogens with zero attached hydrogens (tertiary/aromatic N) is 1. The van der Waals surface area contributed by atoms with Crippen LogP contribution in [0.5, 0.6) is 0 Å². The van der Waals surface area contributed by atoms with Gasteiger partial charge in [0.15, 0.2) is 0 Å². The van der Waals surface area contributed by atoms with Crippen LogP contribution in [-0.4, -0.2) is 29.7 Å². The third-order valence-electron chi connectivity index (χ3n) is 1.44. The second-order valence-corrected chi connectivity index (χ2v) is 4.12. The number of ether oxygens (including phenoxy) is 1. The van der Waals surface area contributed by atoms with Crippen molar-refractivity contribution in [2.45, 2.75) is 31.0 Å². The molecule has 0 N–H and O–H groups in total. The maximum atomic E-state index is 11.2. The van der Waals surface area contributed by atoms with Crippen LogP contribution in [0.4, 0.5) is 0 Å². The second-order valence-electron chi connectivity index (χ2n) is 2.73. The highest BCUT2D eigenvalue weighted by Gasteiger charge is 2.33. The predicted octanol–water partition coefficient (Wildman–Crippen LogP) is 2.59. The molecular weight excluding hydrogens is 225 g/mol. The molecule has 0 aliphatic carbocycles. The molecule has 82 valence electrons. The minimum Gasteiger partial charge on any atom is -0.463 e. The molecule has 0 atom stereocenters. The van der Waals surface area contributed by atoms with Crippen molar-refractivity contribution in [2.75, 3.05) is 13.2 Å². The van der Waals surface area contributed by atoms with E-state index < -0.39 is 10.3 Å². The Balaban J connectivity index is 4.04. The molecule has 0 spiro atoms. The van der Waals surface area contributed by atoms with Crippen LogP contribution in [0.15, 0.2) is 4.99 Å². The quantitative estimate of drug-likeness (QED) is 0.310. The molecule has 0 bridgehead atoms. The Morgan fingerprint density at radius 1 is 1.50 bits per heavy atom. The van der Waals surface area contributed by atoms with Gasteiger partial charge in [-0.15, -0.1) is 0 Å². The largest absolute Gasteiger partial charge is 0.463 e. The number of unbranched alkanes of at least 4 members (excludes halogenated alkanes) is 1. The summed E-state index contributed by atoms with van der Waals surface area (Å²) < 4.78 is 3.02. The number of carbonyl (C=O) groups is 1. The Morgan fingerprint density at radius 2 is 2.14 bits per heavy atom. The van der Waals surface area contributed by atoms with E-state index in [0.29, 0.717) is 6.54 Å². The fourth-order valence-corrected chi connectivity index (χ4v) is 0.956. The van der Waals surface area contributed by atoms with Gasteiger partial charge in [-0.05, 0) is 13.3 Å². The summed E-state index contributed by atoms with van der Waals surface area (Å²) in [5.41, 5.74) is 0. The van der Waals surface area contributed by atoms with E-state index in [4.69, 9.17) is 23.2 Å². The highest BCUT2D eigenvalue weighted by atomic mass is 35.5. The minimum atomic E-state index is -1.65. The first-order chi connectivity index (χ1) is 6.54. The Kier molecular flexibility index (Phi) is 6.93. The first kappa shape index (κ1) is 13.7. The fourth-order valence-electron chi connectivity index (χ4n) is 0.709. The van der Waals surface area contributed by atoms with E-state index in [0.717, 1.165) is 12.8 Å². The van der Waals surface area contributed by atoms with Gasteiger partial charge in [-0.25, -0.2) is 4.79 Å². The Hall–Kier alpha value is -0.280. The fraction of sp³-hybridized carbons (Fsp3) is 0.778. The molecule has 14 heavy (non-hydrogen) atoms. The van der Waals surface area contributed by atoms with Gasteiger partial charge in [-0.1, -0.05) is 36.5 Å². The first-order valence-corrected chi connectivity index (χ1v) is 5.36. The molecule has 0 aliphatic rings. The zero-order chi connectivity index (χ0) is 11.0. The summed E-state index contributed by atoms with van der Waals surface area (Å²) in [5.74, 6) is -0.677. The van der Waals surface area contributed by atoms with Crippen molar-refractivity contribution in [3.8, 4) is 0 Å². The summed E-state index contributed by atoms with van der Waals surface area (Å²) in [6.45, 7) is 4.62. The summed E-state index contributed by atoms with van der Waals surface area (Å²) in [4.78, 5) is 15.1. The van der Waals surface area contributed by atoms with Crippen LogP contribution in [-0.2, 0) is 9.53 Å². The van der Waals surface area contributed by atoms with Crippen LogP contribution in [0.1, 0.15) is 26.7 Å². The van der Waals surface area contributed by atoms with E-state index in [-0.39, 0.29) is 6.61 Å². The number of aliphatic imine (C=N–C) groups is 1. The van der Waals surface area contributed by atoms with E-state index in [9.17, 15) is 4.79 Å². The summed E-state index contributed by atoms with van der Waals surface area (Å²) in [5, 5.41) is 0. The number of hydrogen-bond acceptors (Lipinski definition) is 3. The number of rotatable bonds is 6. The molecule has 0 aromatic rings. The Labute approximate surface area is 94.4 Å². The van der Waals surface area contributed by atoms with Crippen LogP contribution in [0.2, 0.25) is 0 Å². The van der Waals surface area contributed by atoms with Gasteiger partial charge >= 0.3 is 5.97 Å². The molecule has 0 fully saturated rings. The zero-order valence-electron chi connectivity index (χ0n) is 8.43. The first-order valence-electron chi connectivity index (χ1n) is 4.60. The van der Waals surface area contributed by atoms with Crippen molar-refractivity contribution < 1.29 is 9.53 Å². The molecule has 0 aromatic carbocycles. The molecule has 0 radical (unpaired) electrons. The normalized spacial score (nSPS) is 12.0. The van der Waals surface area contributed by atoms with E-state index in [1.165, 1.54) is 6.21 Å². The Morgan fingerprint density at radius 3 is 2.64 bits per heavy atom. The van der Waals surface area contributed by atoms with Gasteiger partial charge in [0.1, 0.15) is 0 Å². The summed E-state index contributed by atoms with van der Waals surface area (Å²) in [6.07, 6.45) is 3.21. The van der Waals surface area contributed by atoms with Crippen LogP contribution in [0.3, 0.4) is 0 Å². The molecule has 0 aromatic heterocycles. The van der Waals surface area contributed by atoms with Gasteiger partial charge in [-0.2, -0.15) is 0 Å². The number of esters is 1. The lowest BCUT2D eigenvalue weighted by atomic mass is 10.3. The molecule has 0 heterocycles. The standard InChI is InChI=1S/C9H15Cl2NO2/c1-3-5-6-12-7-9(10,11)8(13)14-4-2/h7H,3-6H2,1-2H3. The third kappa shape index (κ3) is 5.45. The SMILES string of the molecule is CCCCN=CC(Cl)(Cl)C(=O)OCC. The van der Waals surface area contributed by atoms with Gasteiger partial charge in [0, 0.05) is 12.8 Å². The lowest BCUT2D eigenvalue weighted by molar-refractivity contribution is -0.142. The van der Waals surface area contributed by atoms with Crippen LogP contribution < -0.4 is 0 Å². The molecule has 5 heteroatoms. The lowest BCUT2D eigenvalue weighted by Crippen LogP contribution is -2.30. The maximum Gasteiger partial charge on any atom is 0.348 e. The van der Waals surface area contributed by atoms with Crippen molar-refractivity contribution >= 4 is 35.4 Å². The van der Waals surface area contributed by atoms with Crippen molar-refractivity contribution in [3.05, 3.63) is 0 Å². The summed E-state index contributed by atoms with van der Waals surface area (Å²) in [6, 6.07) is 0. The van der Waals surface area contributed by atoms with E-state index in [2.05, 4.69) is 16.7 Å². The lowest BCUT2D eigenvalue weighted by Gasteiger charge is -2.11. The van der Waals surface area contributed by atoms with Gasteiger partial charge in [0.25, 0.3) is 0 Å². The number of halogens is 2. The molecular formula is C9H15Cl2NO2. The van der Waals surface area contributed by atoms with E-state index in [1.54, 1.807) is 6.92 Å². The molecule has 0 unspecified atom stereocenters. The van der Waals surface area contributed by atoms with E-state index in [1.807, 2.05) is 0 Å². The number of hydrogen-bond donors (Lipinski definition) is 0. The molecule has 0 rings (SSSR count). The van der Waals surface area contributed by atoms with Crippen molar-refractivity contribution in [2.24, 2.45) is 4.99 Å². The van der Waals surface area contributed by atoms with Gasteiger partial charge in [0.2, 0.25) is 4.33 Å². The second kappa shape index (κ2) is 7.07. The number of alkyl halides is 2. The van der Waals surface area contributed by atoms with Gasteiger partial charge in [0.05, 0.1) is 6.61 Å². The van der Waals surface area contributed by atoms with Gasteiger partial charge < -0.3 is 4.74 Å². The Bertz CT molecular complexity index is 205. The zero-order valence-corrected chi connectivity index (χ0v) is 9.94. The molecule has 0 aliphatic heterocycles. The highest BCUT2D eigenvalue weighted by Crippen LogP contribution is 2.20. The van der Waals surface area contributed by atoms with Crippen LogP contribution >= 0.6 is 23.2 Å². The van der Waals surface area contributed by atoms with Crippen molar-refractivity contribution in [1.82, 2.24) is 0 Å². The van der Waals surface area contributed by atoms with E-state index >= 15 is 0 Å². The molecule has 0 amide bonds. The predicted molar refractivity (Wildman–Crippen MR) is 59.3 cm³/mol. The third-order valence-corrected chi connectivity index (χ3v) is 1.95. The topological polar surface area (TPSA) is 38.7 Å². The highest BCUT2D eigenvalue weighted by molar-refractivity contribution is 6.65. The summed E-state index contributed by atoms with van der Waals surface area (Å²) in [7, 11) is 0. The maximum absolute atomic E-state index is 11.2.